The van der Waals surface area contributed by atoms with Crippen LogP contribution < -0.4 is 4.74 Å². The van der Waals surface area contributed by atoms with E-state index in [0.29, 0.717) is 5.75 Å². The van der Waals surface area contributed by atoms with Gasteiger partial charge in [0.2, 0.25) is 0 Å². The van der Waals surface area contributed by atoms with Gasteiger partial charge < -0.3 is 14.7 Å². The Morgan fingerprint density at radius 1 is 1.24 bits per heavy atom. The zero-order chi connectivity index (χ0) is 15.4. The van der Waals surface area contributed by atoms with Crippen LogP contribution in [0, 0.1) is 6.92 Å². The van der Waals surface area contributed by atoms with Crippen molar-refractivity contribution in [1.29, 1.82) is 0 Å². The predicted octanol–water partition coefficient (Wildman–Crippen LogP) is 2.83. The minimum absolute atomic E-state index is 0.0636. The number of ether oxygens (including phenoxy) is 1. The molecule has 2 atom stereocenters. The summed E-state index contributed by atoms with van der Waals surface area (Å²) >= 11 is 0. The number of rotatable bonds is 4. The molecule has 0 aliphatic carbocycles. The number of carbonyl (C=O) groups is 1. The highest BCUT2D eigenvalue weighted by Gasteiger charge is 2.23. The molecule has 21 heavy (non-hydrogen) atoms. The molecule has 4 heteroatoms. The Hall–Kier alpha value is -1.55. The number of hydrogen-bond donors (Lipinski definition) is 1. The van der Waals surface area contributed by atoms with E-state index in [4.69, 9.17) is 4.74 Å². The quantitative estimate of drug-likeness (QED) is 0.928. The fourth-order valence-corrected chi connectivity index (χ4v) is 2.68. The van der Waals surface area contributed by atoms with Gasteiger partial charge in [-0.2, -0.15) is 0 Å². The van der Waals surface area contributed by atoms with E-state index in [-0.39, 0.29) is 5.91 Å². The molecule has 1 heterocycles. The highest BCUT2D eigenvalue weighted by Crippen LogP contribution is 2.24. The minimum atomic E-state index is -0.495. The fourth-order valence-electron chi connectivity index (χ4n) is 2.68. The summed E-state index contributed by atoms with van der Waals surface area (Å²) in [5.41, 5.74) is 1.79. The molecule has 0 aromatic heterocycles. The molecule has 1 amide bonds. The number of likely N-dealkylation sites (tertiary alicyclic amines) is 1. The minimum Gasteiger partial charge on any atom is -0.481 e. The lowest BCUT2D eigenvalue weighted by Crippen LogP contribution is -2.43. The third-order valence-corrected chi connectivity index (χ3v) is 4.00. The molecular weight excluding hydrogens is 266 g/mol. The second-order valence-electron chi connectivity index (χ2n) is 5.85. The van der Waals surface area contributed by atoms with Crippen LogP contribution in [0.2, 0.25) is 0 Å². The average molecular weight is 291 g/mol. The molecule has 0 saturated carbocycles. The van der Waals surface area contributed by atoms with Crippen molar-refractivity contribution in [2.45, 2.75) is 52.2 Å². The molecular formula is C17H25NO3. The van der Waals surface area contributed by atoms with E-state index in [1.165, 1.54) is 6.42 Å². The summed E-state index contributed by atoms with van der Waals surface area (Å²) in [4.78, 5) is 14.2. The Morgan fingerprint density at radius 2 is 1.90 bits per heavy atom. The van der Waals surface area contributed by atoms with Gasteiger partial charge in [-0.15, -0.1) is 0 Å². The van der Waals surface area contributed by atoms with Crippen LogP contribution in [-0.4, -0.2) is 35.1 Å². The second kappa shape index (κ2) is 6.94. The van der Waals surface area contributed by atoms with E-state index in [1.54, 1.807) is 13.8 Å². The van der Waals surface area contributed by atoms with Crippen LogP contribution in [0.3, 0.4) is 0 Å². The van der Waals surface area contributed by atoms with Gasteiger partial charge >= 0.3 is 0 Å². The summed E-state index contributed by atoms with van der Waals surface area (Å²) in [7, 11) is 0. The first kappa shape index (κ1) is 15.8. The lowest BCUT2D eigenvalue weighted by molar-refractivity contribution is -0.138. The number of amides is 1. The Labute approximate surface area is 126 Å². The van der Waals surface area contributed by atoms with Crippen LogP contribution in [0.25, 0.3) is 0 Å². The zero-order valence-electron chi connectivity index (χ0n) is 13.1. The molecule has 116 valence electrons. The first-order valence-corrected chi connectivity index (χ1v) is 7.73. The first-order valence-electron chi connectivity index (χ1n) is 7.73. The SMILES string of the molecule is Cc1cc([C@H](C)O)ccc1OC(C)C(=O)N1CCCCC1. The number of benzene rings is 1. The van der Waals surface area contributed by atoms with Crippen LogP contribution in [0.5, 0.6) is 5.75 Å². The molecule has 0 radical (unpaired) electrons. The molecule has 1 unspecified atom stereocenters. The maximum atomic E-state index is 12.3. The Morgan fingerprint density at radius 3 is 2.48 bits per heavy atom. The Bertz CT molecular complexity index is 493. The van der Waals surface area contributed by atoms with Gasteiger partial charge in [0.05, 0.1) is 6.10 Å². The van der Waals surface area contributed by atoms with Crippen LogP contribution in [0.1, 0.15) is 50.3 Å². The molecule has 1 N–H and O–H groups in total. The number of aliphatic hydroxyl groups is 1. The van der Waals surface area contributed by atoms with Crippen molar-refractivity contribution >= 4 is 5.91 Å². The molecule has 1 aliphatic heterocycles. The van der Waals surface area contributed by atoms with Gasteiger partial charge in [-0.25, -0.2) is 0 Å². The Balaban J connectivity index is 2.01. The van der Waals surface area contributed by atoms with E-state index < -0.39 is 12.2 Å². The summed E-state index contributed by atoms with van der Waals surface area (Å²) in [6, 6.07) is 5.57. The highest BCUT2D eigenvalue weighted by atomic mass is 16.5. The van der Waals surface area contributed by atoms with E-state index in [9.17, 15) is 9.90 Å². The van der Waals surface area contributed by atoms with Crippen LogP contribution in [0.4, 0.5) is 0 Å². The molecule has 1 aromatic rings. The van der Waals surface area contributed by atoms with Gasteiger partial charge in [-0.05, 0) is 63.3 Å². The normalized spacial score (nSPS) is 18.2. The molecule has 1 aliphatic rings. The van der Waals surface area contributed by atoms with Gasteiger partial charge in [0.1, 0.15) is 5.75 Å². The van der Waals surface area contributed by atoms with E-state index >= 15 is 0 Å². The average Bonchev–Trinajstić information content (AvgIpc) is 2.49. The van der Waals surface area contributed by atoms with Gasteiger partial charge in [0, 0.05) is 13.1 Å². The third kappa shape index (κ3) is 3.97. The molecule has 4 nitrogen and oxygen atoms in total. The molecule has 0 bridgehead atoms. The number of carbonyl (C=O) groups excluding carboxylic acids is 1. The van der Waals surface area contributed by atoms with Gasteiger partial charge in [-0.3, -0.25) is 4.79 Å². The lowest BCUT2D eigenvalue weighted by atomic mass is 10.1. The topological polar surface area (TPSA) is 49.8 Å². The summed E-state index contributed by atoms with van der Waals surface area (Å²) in [5, 5.41) is 9.58. The van der Waals surface area contributed by atoms with Crippen molar-refractivity contribution in [1.82, 2.24) is 4.90 Å². The van der Waals surface area contributed by atoms with Gasteiger partial charge in [-0.1, -0.05) is 6.07 Å². The molecule has 1 aromatic carbocycles. The van der Waals surface area contributed by atoms with Crippen molar-refractivity contribution in [3.05, 3.63) is 29.3 Å². The number of aryl methyl sites for hydroxylation is 1. The molecule has 1 fully saturated rings. The molecule has 0 spiro atoms. The second-order valence-corrected chi connectivity index (χ2v) is 5.85. The smallest absolute Gasteiger partial charge is 0.263 e. The van der Waals surface area contributed by atoms with Crippen molar-refractivity contribution in [3.63, 3.8) is 0 Å². The van der Waals surface area contributed by atoms with E-state index in [2.05, 4.69) is 0 Å². The number of nitrogens with zero attached hydrogens (tertiary/aromatic N) is 1. The largest absolute Gasteiger partial charge is 0.481 e. The predicted molar refractivity (Wildman–Crippen MR) is 82.3 cm³/mol. The first-order chi connectivity index (χ1) is 9.99. The van der Waals surface area contributed by atoms with Gasteiger partial charge in [0.15, 0.2) is 6.10 Å². The fraction of sp³-hybridized carbons (Fsp3) is 0.588. The summed E-state index contributed by atoms with van der Waals surface area (Å²) < 4.78 is 5.82. The van der Waals surface area contributed by atoms with Crippen LogP contribution >= 0.6 is 0 Å². The third-order valence-electron chi connectivity index (χ3n) is 4.00. The van der Waals surface area contributed by atoms with Crippen molar-refractivity contribution < 1.29 is 14.6 Å². The number of hydrogen-bond acceptors (Lipinski definition) is 3. The van der Waals surface area contributed by atoms with Crippen LogP contribution in [-0.2, 0) is 4.79 Å². The summed E-state index contributed by atoms with van der Waals surface area (Å²) in [5.74, 6) is 0.769. The maximum absolute atomic E-state index is 12.3. The number of aliphatic hydroxyl groups excluding tert-OH is 1. The van der Waals surface area contributed by atoms with Crippen molar-refractivity contribution in [2.75, 3.05) is 13.1 Å². The van der Waals surface area contributed by atoms with E-state index in [1.807, 2.05) is 30.0 Å². The van der Waals surface area contributed by atoms with E-state index in [0.717, 1.165) is 37.1 Å². The summed E-state index contributed by atoms with van der Waals surface area (Å²) in [6.07, 6.45) is 2.41. The number of piperidine rings is 1. The standard InChI is InChI=1S/C17H25NO3/c1-12-11-15(13(2)19)7-8-16(12)21-14(3)17(20)18-9-5-4-6-10-18/h7-8,11,13-14,19H,4-6,9-10H2,1-3H3/t13-,14?/m0/s1. The molecule has 2 rings (SSSR count). The highest BCUT2D eigenvalue weighted by molar-refractivity contribution is 5.81. The zero-order valence-corrected chi connectivity index (χ0v) is 13.1. The maximum Gasteiger partial charge on any atom is 0.263 e. The molecule has 1 saturated heterocycles. The van der Waals surface area contributed by atoms with Crippen LogP contribution in [0.15, 0.2) is 18.2 Å². The van der Waals surface area contributed by atoms with Crippen molar-refractivity contribution in [2.24, 2.45) is 0 Å². The summed E-state index contributed by atoms with van der Waals surface area (Å²) in [6.45, 7) is 7.15. The monoisotopic (exact) mass is 291 g/mol. The lowest BCUT2D eigenvalue weighted by Gasteiger charge is -2.29. The van der Waals surface area contributed by atoms with Gasteiger partial charge in [0.25, 0.3) is 5.91 Å². The van der Waals surface area contributed by atoms with Crippen molar-refractivity contribution in [3.8, 4) is 5.75 Å². The Kier molecular flexibility index (Phi) is 5.23.